The van der Waals surface area contributed by atoms with Gasteiger partial charge in [0.05, 0.1) is 0 Å². The van der Waals surface area contributed by atoms with E-state index in [1.165, 1.54) is 0 Å². The van der Waals surface area contributed by atoms with E-state index in [4.69, 9.17) is 0 Å². The summed E-state index contributed by atoms with van der Waals surface area (Å²) in [6.07, 6.45) is 5.50. The molecule has 1 saturated heterocycles. The Hall–Kier alpha value is -2.69. The van der Waals surface area contributed by atoms with Crippen LogP contribution in [0.3, 0.4) is 0 Å². The molecule has 2 aromatic rings. The van der Waals surface area contributed by atoms with Gasteiger partial charge in [0.2, 0.25) is 11.8 Å². The molecule has 1 aliphatic rings. The Morgan fingerprint density at radius 2 is 1.93 bits per heavy atom. The van der Waals surface area contributed by atoms with Crippen LogP contribution in [0.4, 0.5) is 0 Å². The first-order valence-electron chi connectivity index (χ1n) is 9.71. The van der Waals surface area contributed by atoms with Crippen molar-refractivity contribution in [1.82, 2.24) is 15.2 Å². The number of benzene rings is 1. The molecule has 1 aromatic carbocycles. The third-order valence-electron chi connectivity index (χ3n) is 4.97. The van der Waals surface area contributed by atoms with Gasteiger partial charge in [-0.25, -0.2) is 0 Å². The highest BCUT2D eigenvalue weighted by atomic mass is 16.2. The predicted octanol–water partition coefficient (Wildman–Crippen LogP) is 2.96. The van der Waals surface area contributed by atoms with E-state index in [9.17, 15) is 9.59 Å². The van der Waals surface area contributed by atoms with Crippen LogP contribution >= 0.6 is 0 Å². The lowest BCUT2D eigenvalue weighted by Crippen LogP contribution is -2.37. The molecule has 1 aromatic heterocycles. The minimum absolute atomic E-state index is 0.0501. The van der Waals surface area contributed by atoms with Crippen LogP contribution < -0.4 is 5.32 Å². The summed E-state index contributed by atoms with van der Waals surface area (Å²) < 4.78 is 0. The van der Waals surface area contributed by atoms with E-state index >= 15 is 0 Å². The highest BCUT2D eigenvalue weighted by molar-refractivity contribution is 5.86. The van der Waals surface area contributed by atoms with Crippen molar-refractivity contribution < 1.29 is 9.59 Å². The summed E-state index contributed by atoms with van der Waals surface area (Å²) in [7, 11) is 0. The van der Waals surface area contributed by atoms with E-state index in [-0.39, 0.29) is 24.2 Å². The second-order valence-corrected chi connectivity index (χ2v) is 7.06. The van der Waals surface area contributed by atoms with Crippen LogP contribution in [0.15, 0.2) is 54.7 Å². The minimum atomic E-state index is -0.217. The Morgan fingerprint density at radius 3 is 2.70 bits per heavy atom. The smallest absolute Gasteiger partial charge is 0.226 e. The predicted molar refractivity (Wildman–Crippen MR) is 105 cm³/mol. The first-order chi connectivity index (χ1) is 13.2. The summed E-state index contributed by atoms with van der Waals surface area (Å²) in [5, 5.41) is 2.93. The van der Waals surface area contributed by atoms with Crippen LogP contribution in [0.25, 0.3) is 0 Å². The average molecular weight is 365 g/mol. The van der Waals surface area contributed by atoms with E-state index in [0.29, 0.717) is 19.5 Å². The Balaban J connectivity index is 1.50. The number of aromatic nitrogens is 1. The molecule has 1 aliphatic heterocycles. The van der Waals surface area contributed by atoms with Crippen LogP contribution in [-0.4, -0.2) is 34.8 Å². The number of carbonyl (C=O) groups is 2. The lowest BCUT2D eigenvalue weighted by molar-refractivity contribution is -0.138. The highest BCUT2D eigenvalue weighted by Gasteiger charge is 2.28. The second kappa shape index (κ2) is 9.86. The summed E-state index contributed by atoms with van der Waals surface area (Å²) in [6.45, 7) is 1.94. The van der Waals surface area contributed by atoms with Gasteiger partial charge in [-0.1, -0.05) is 42.8 Å². The van der Waals surface area contributed by atoms with Crippen LogP contribution in [-0.2, 0) is 22.6 Å². The number of amides is 2. The molecule has 1 atom stereocenters. The first-order valence-corrected chi connectivity index (χ1v) is 9.71. The van der Waals surface area contributed by atoms with Crippen molar-refractivity contribution >= 4 is 11.8 Å². The van der Waals surface area contributed by atoms with E-state index < -0.39 is 0 Å². The zero-order valence-corrected chi connectivity index (χ0v) is 15.6. The molecule has 3 rings (SSSR count). The lowest BCUT2D eigenvalue weighted by atomic mass is 9.98. The normalized spacial score (nSPS) is 17.4. The molecule has 2 amide bonds. The molecule has 0 saturated carbocycles. The van der Waals surface area contributed by atoms with E-state index in [1.54, 1.807) is 6.20 Å². The number of rotatable bonds is 7. The molecule has 0 bridgehead atoms. The lowest BCUT2D eigenvalue weighted by Gasteiger charge is -2.24. The maximum Gasteiger partial charge on any atom is 0.226 e. The Kier molecular flexibility index (Phi) is 6.97. The van der Waals surface area contributed by atoms with Crippen molar-refractivity contribution in [2.24, 2.45) is 5.92 Å². The fraction of sp³-hybridized carbons (Fsp3) is 0.409. The number of nitrogens with one attached hydrogen (secondary N) is 1. The SMILES string of the molecule is O=C(CC1CCCCN(Cc2ccccc2)C1=O)NCCc1ccccn1. The number of hydrogen-bond donors (Lipinski definition) is 1. The molecule has 1 fully saturated rings. The number of carbonyl (C=O) groups excluding carboxylic acids is 2. The van der Waals surface area contributed by atoms with Gasteiger partial charge in [-0.3, -0.25) is 14.6 Å². The zero-order valence-electron chi connectivity index (χ0n) is 15.6. The molecule has 0 aliphatic carbocycles. The molecule has 142 valence electrons. The third kappa shape index (κ3) is 5.91. The standard InChI is InChI=1S/C22H27N3O2/c26-21(24-14-12-20-11-4-6-13-23-20)16-19-10-5-7-15-25(22(19)27)17-18-8-2-1-3-9-18/h1-4,6,8-9,11,13,19H,5,7,10,12,14-17H2,(H,24,26). The molecular formula is C22H27N3O2. The Bertz CT molecular complexity index is 734. The summed E-state index contributed by atoms with van der Waals surface area (Å²) >= 11 is 0. The molecule has 1 N–H and O–H groups in total. The number of likely N-dealkylation sites (tertiary alicyclic amines) is 1. The van der Waals surface area contributed by atoms with Crippen molar-refractivity contribution in [3.05, 3.63) is 66.0 Å². The van der Waals surface area contributed by atoms with E-state index in [1.807, 2.05) is 53.4 Å². The number of pyridine rings is 1. The van der Waals surface area contributed by atoms with Crippen LogP contribution in [0.1, 0.15) is 36.9 Å². The van der Waals surface area contributed by atoms with Gasteiger partial charge in [0.15, 0.2) is 0 Å². The van der Waals surface area contributed by atoms with E-state index in [2.05, 4.69) is 10.3 Å². The average Bonchev–Trinajstić information content (AvgIpc) is 2.86. The number of hydrogen-bond acceptors (Lipinski definition) is 3. The summed E-state index contributed by atoms with van der Waals surface area (Å²) in [5.41, 5.74) is 2.09. The summed E-state index contributed by atoms with van der Waals surface area (Å²) in [5.74, 6) is -0.159. The quantitative estimate of drug-likeness (QED) is 0.820. The molecule has 27 heavy (non-hydrogen) atoms. The number of nitrogens with zero attached hydrogens (tertiary/aromatic N) is 2. The van der Waals surface area contributed by atoms with Gasteiger partial charge in [-0.15, -0.1) is 0 Å². The van der Waals surface area contributed by atoms with Crippen molar-refractivity contribution in [2.45, 2.75) is 38.6 Å². The van der Waals surface area contributed by atoms with Crippen molar-refractivity contribution in [3.8, 4) is 0 Å². The fourth-order valence-corrected chi connectivity index (χ4v) is 3.51. The first kappa shape index (κ1) is 19.1. The van der Waals surface area contributed by atoms with E-state index in [0.717, 1.165) is 37.1 Å². The largest absolute Gasteiger partial charge is 0.356 e. The van der Waals surface area contributed by atoms with Gasteiger partial charge < -0.3 is 10.2 Å². The monoisotopic (exact) mass is 365 g/mol. The fourth-order valence-electron chi connectivity index (χ4n) is 3.51. The third-order valence-corrected chi connectivity index (χ3v) is 4.97. The maximum absolute atomic E-state index is 12.9. The Labute approximate surface area is 160 Å². The highest BCUT2D eigenvalue weighted by Crippen LogP contribution is 2.22. The van der Waals surface area contributed by atoms with Gasteiger partial charge in [0, 0.05) is 50.3 Å². The molecular weight excluding hydrogens is 338 g/mol. The minimum Gasteiger partial charge on any atom is -0.356 e. The molecule has 1 unspecified atom stereocenters. The maximum atomic E-state index is 12.9. The van der Waals surface area contributed by atoms with Crippen LogP contribution in [0.5, 0.6) is 0 Å². The molecule has 0 radical (unpaired) electrons. The summed E-state index contributed by atoms with van der Waals surface area (Å²) in [6, 6.07) is 15.8. The van der Waals surface area contributed by atoms with Gasteiger partial charge in [-0.2, -0.15) is 0 Å². The van der Waals surface area contributed by atoms with Crippen molar-refractivity contribution in [2.75, 3.05) is 13.1 Å². The molecule has 5 heteroatoms. The van der Waals surface area contributed by atoms with Crippen LogP contribution in [0, 0.1) is 5.92 Å². The Morgan fingerprint density at radius 1 is 1.11 bits per heavy atom. The molecule has 5 nitrogen and oxygen atoms in total. The molecule has 0 spiro atoms. The van der Waals surface area contributed by atoms with Gasteiger partial charge in [-0.05, 0) is 30.5 Å². The topological polar surface area (TPSA) is 62.3 Å². The second-order valence-electron chi connectivity index (χ2n) is 7.06. The molecule has 2 heterocycles. The van der Waals surface area contributed by atoms with Crippen molar-refractivity contribution in [1.29, 1.82) is 0 Å². The summed E-state index contributed by atoms with van der Waals surface area (Å²) in [4.78, 5) is 31.4. The van der Waals surface area contributed by atoms with Gasteiger partial charge in [0.25, 0.3) is 0 Å². The van der Waals surface area contributed by atoms with Gasteiger partial charge >= 0.3 is 0 Å². The zero-order chi connectivity index (χ0) is 18.9. The van der Waals surface area contributed by atoms with Crippen LogP contribution in [0.2, 0.25) is 0 Å². The van der Waals surface area contributed by atoms with Gasteiger partial charge in [0.1, 0.15) is 0 Å². The van der Waals surface area contributed by atoms with Crippen molar-refractivity contribution in [3.63, 3.8) is 0 Å².